The molecule has 0 amide bonds. The van der Waals surface area contributed by atoms with Crippen LogP contribution in [0.4, 0.5) is 0 Å². The number of ether oxygens (including phenoxy) is 1. The molecule has 0 spiro atoms. The lowest BCUT2D eigenvalue weighted by atomic mass is 9.90. The van der Waals surface area contributed by atoms with E-state index in [1.807, 2.05) is 19.1 Å². The molecule has 3 heteroatoms. The Balaban J connectivity index is 2.65. The maximum absolute atomic E-state index is 10.5. The quantitative estimate of drug-likeness (QED) is 0.873. The minimum absolute atomic E-state index is 0.0507. The van der Waals surface area contributed by atoms with E-state index in [2.05, 4.69) is 20.8 Å². The van der Waals surface area contributed by atoms with Gasteiger partial charge in [0.2, 0.25) is 0 Å². The molecule has 0 fully saturated rings. The largest absolute Gasteiger partial charge is 0.490 e. The standard InChI is InChI=1S/C14H20O3/c1-10(14(2,3)4)17-12-7-5-11(6-8-12)9-13(15)16/h5-8,10H,9H2,1-4H3,(H,15,16). The summed E-state index contributed by atoms with van der Waals surface area (Å²) in [5, 5.41) is 8.66. The van der Waals surface area contributed by atoms with Crippen LogP contribution in [0.2, 0.25) is 0 Å². The van der Waals surface area contributed by atoms with E-state index in [-0.39, 0.29) is 17.9 Å². The van der Waals surface area contributed by atoms with Crippen molar-refractivity contribution in [1.82, 2.24) is 0 Å². The summed E-state index contributed by atoms with van der Waals surface area (Å²) in [6.07, 6.45) is 0.155. The molecule has 0 saturated carbocycles. The number of carbonyl (C=O) groups is 1. The van der Waals surface area contributed by atoms with Crippen LogP contribution in [0.3, 0.4) is 0 Å². The number of aliphatic carboxylic acids is 1. The fourth-order valence-electron chi connectivity index (χ4n) is 1.24. The van der Waals surface area contributed by atoms with E-state index in [1.54, 1.807) is 12.1 Å². The predicted octanol–water partition coefficient (Wildman–Crippen LogP) is 3.13. The highest BCUT2D eigenvalue weighted by molar-refractivity contribution is 5.70. The van der Waals surface area contributed by atoms with Crippen molar-refractivity contribution in [3.05, 3.63) is 29.8 Å². The average molecular weight is 236 g/mol. The van der Waals surface area contributed by atoms with Gasteiger partial charge >= 0.3 is 5.97 Å². The van der Waals surface area contributed by atoms with Crippen molar-refractivity contribution in [3.63, 3.8) is 0 Å². The lowest BCUT2D eigenvalue weighted by Gasteiger charge is -2.27. The van der Waals surface area contributed by atoms with Crippen LogP contribution >= 0.6 is 0 Å². The van der Waals surface area contributed by atoms with Crippen LogP contribution in [-0.2, 0) is 11.2 Å². The van der Waals surface area contributed by atoms with Gasteiger partial charge in [-0.2, -0.15) is 0 Å². The van der Waals surface area contributed by atoms with Crippen LogP contribution in [0.25, 0.3) is 0 Å². The van der Waals surface area contributed by atoms with Crippen LogP contribution in [-0.4, -0.2) is 17.2 Å². The second-order valence-corrected chi connectivity index (χ2v) is 5.34. The third-order valence-corrected chi connectivity index (χ3v) is 2.81. The molecule has 0 saturated heterocycles. The van der Waals surface area contributed by atoms with Gasteiger partial charge in [0.1, 0.15) is 11.9 Å². The van der Waals surface area contributed by atoms with Crippen molar-refractivity contribution in [2.45, 2.75) is 40.2 Å². The topological polar surface area (TPSA) is 46.5 Å². The smallest absolute Gasteiger partial charge is 0.307 e. The lowest BCUT2D eigenvalue weighted by Crippen LogP contribution is -2.28. The molecule has 0 aliphatic heterocycles. The first-order valence-electron chi connectivity index (χ1n) is 5.76. The molecule has 0 aliphatic rings. The van der Waals surface area contributed by atoms with Gasteiger partial charge in [-0.25, -0.2) is 0 Å². The molecular formula is C14H20O3. The highest BCUT2D eigenvalue weighted by atomic mass is 16.5. The Hall–Kier alpha value is -1.51. The highest BCUT2D eigenvalue weighted by Crippen LogP contribution is 2.24. The van der Waals surface area contributed by atoms with E-state index in [1.165, 1.54) is 0 Å². The van der Waals surface area contributed by atoms with E-state index in [4.69, 9.17) is 9.84 Å². The van der Waals surface area contributed by atoms with Crippen molar-refractivity contribution >= 4 is 5.97 Å². The van der Waals surface area contributed by atoms with Crippen LogP contribution < -0.4 is 4.74 Å². The minimum Gasteiger partial charge on any atom is -0.490 e. The maximum Gasteiger partial charge on any atom is 0.307 e. The van der Waals surface area contributed by atoms with Crippen molar-refractivity contribution in [3.8, 4) is 5.75 Å². The average Bonchev–Trinajstić information content (AvgIpc) is 2.18. The fraction of sp³-hybridized carbons (Fsp3) is 0.500. The molecule has 94 valence electrons. The molecule has 1 rings (SSSR count). The van der Waals surface area contributed by atoms with Crippen LogP contribution in [0.5, 0.6) is 5.75 Å². The zero-order valence-electron chi connectivity index (χ0n) is 10.9. The Kier molecular flexibility index (Phi) is 4.16. The van der Waals surface area contributed by atoms with Crippen molar-refractivity contribution in [1.29, 1.82) is 0 Å². The molecule has 1 atom stereocenters. The van der Waals surface area contributed by atoms with Crippen LogP contribution in [0.15, 0.2) is 24.3 Å². The van der Waals surface area contributed by atoms with E-state index in [0.717, 1.165) is 11.3 Å². The van der Waals surface area contributed by atoms with Gasteiger partial charge in [0.25, 0.3) is 0 Å². The van der Waals surface area contributed by atoms with Gasteiger partial charge in [-0.05, 0) is 30.0 Å². The Morgan fingerprint density at radius 2 is 1.82 bits per heavy atom. The first kappa shape index (κ1) is 13.6. The van der Waals surface area contributed by atoms with Gasteiger partial charge in [-0.3, -0.25) is 4.79 Å². The zero-order valence-corrected chi connectivity index (χ0v) is 10.9. The van der Waals surface area contributed by atoms with E-state index in [9.17, 15) is 4.79 Å². The SMILES string of the molecule is CC(Oc1ccc(CC(=O)O)cc1)C(C)(C)C. The molecule has 1 unspecified atom stereocenters. The number of hydrogen-bond acceptors (Lipinski definition) is 2. The number of hydrogen-bond donors (Lipinski definition) is 1. The number of benzene rings is 1. The molecule has 1 aromatic rings. The summed E-state index contributed by atoms with van der Waals surface area (Å²) in [7, 11) is 0. The minimum atomic E-state index is -0.818. The summed E-state index contributed by atoms with van der Waals surface area (Å²) >= 11 is 0. The second kappa shape index (κ2) is 5.21. The summed E-state index contributed by atoms with van der Waals surface area (Å²) in [6, 6.07) is 7.22. The predicted molar refractivity (Wildman–Crippen MR) is 67.3 cm³/mol. The summed E-state index contributed by atoms with van der Waals surface area (Å²) in [5.41, 5.74) is 0.868. The second-order valence-electron chi connectivity index (χ2n) is 5.34. The highest BCUT2D eigenvalue weighted by Gasteiger charge is 2.21. The Labute approximate surface area is 102 Å². The van der Waals surface area contributed by atoms with E-state index >= 15 is 0 Å². The maximum atomic E-state index is 10.5. The monoisotopic (exact) mass is 236 g/mol. The normalized spacial score (nSPS) is 13.2. The first-order chi connectivity index (χ1) is 7.79. The molecule has 0 aliphatic carbocycles. The van der Waals surface area contributed by atoms with Crippen LogP contribution in [0.1, 0.15) is 33.3 Å². The summed E-state index contributed by atoms with van der Waals surface area (Å²) < 4.78 is 5.79. The van der Waals surface area contributed by atoms with Crippen molar-refractivity contribution in [2.75, 3.05) is 0 Å². The van der Waals surface area contributed by atoms with E-state index in [0.29, 0.717) is 0 Å². The molecule has 3 nitrogen and oxygen atoms in total. The van der Waals surface area contributed by atoms with Gasteiger partial charge in [0.05, 0.1) is 6.42 Å². The number of carboxylic acids is 1. The Morgan fingerprint density at radius 1 is 1.29 bits per heavy atom. The zero-order chi connectivity index (χ0) is 13.1. The summed E-state index contributed by atoms with van der Waals surface area (Å²) in [6.45, 7) is 8.40. The lowest BCUT2D eigenvalue weighted by molar-refractivity contribution is -0.136. The number of carboxylic acid groups (broad SMARTS) is 1. The summed E-state index contributed by atoms with van der Waals surface area (Å²) in [5.74, 6) is -0.0386. The first-order valence-corrected chi connectivity index (χ1v) is 5.76. The Morgan fingerprint density at radius 3 is 2.24 bits per heavy atom. The molecule has 1 aromatic carbocycles. The summed E-state index contributed by atoms with van der Waals surface area (Å²) in [4.78, 5) is 10.5. The molecule has 1 N–H and O–H groups in total. The molecule has 0 aromatic heterocycles. The van der Waals surface area contributed by atoms with Crippen molar-refractivity contribution < 1.29 is 14.6 Å². The van der Waals surface area contributed by atoms with Gasteiger partial charge in [-0.1, -0.05) is 32.9 Å². The van der Waals surface area contributed by atoms with Gasteiger partial charge in [0.15, 0.2) is 0 Å². The molecule has 0 radical (unpaired) electrons. The van der Waals surface area contributed by atoms with Crippen molar-refractivity contribution in [2.24, 2.45) is 5.41 Å². The third-order valence-electron chi connectivity index (χ3n) is 2.81. The molecular weight excluding hydrogens is 216 g/mol. The molecule has 0 heterocycles. The van der Waals surface area contributed by atoms with Crippen LogP contribution in [0, 0.1) is 5.41 Å². The third kappa shape index (κ3) is 4.47. The van der Waals surface area contributed by atoms with E-state index < -0.39 is 5.97 Å². The fourth-order valence-corrected chi connectivity index (χ4v) is 1.24. The van der Waals surface area contributed by atoms with Gasteiger partial charge in [-0.15, -0.1) is 0 Å². The molecule has 0 bridgehead atoms. The molecule has 17 heavy (non-hydrogen) atoms. The number of rotatable bonds is 4. The van der Waals surface area contributed by atoms with Gasteiger partial charge in [0, 0.05) is 0 Å². The van der Waals surface area contributed by atoms with Gasteiger partial charge < -0.3 is 9.84 Å². The Bertz CT molecular complexity index is 373.